The van der Waals surface area contributed by atoms with E-state index in [1.807, 2.05) is 18.2 Å². The zero-order valence-electron chi connectivity index (χ0n) is 15.7. The van der Waals surface area contributed by atoms with E-state index in [0.717, 1.165) is 27.4 Å². The summed E-state index contributed by atoms with van der Waals surface area (Å²) in [6.45, 7) is 0.182. The number of benzene rings is 2. The molecule has 2 heterocycles. The molecule has 1 N–H and O–H groups in total. The quantitative estimate of drug-likeness (QED) is 0.399. The Morgan fingerprint density at radius 2 is 2.03 bits per heavy atom. The average molecular weight is 526 g/mol. The van der Waals surface area contributed by atoms with E-state index in [9.17, 15) is 22.0 Å². The number of carbonyl (C=O) groups is 1. The molecule has 160 valence electrons. The number of rotatable bonds is 6. The average Bonchev–Trinajstić information content (AvgIpc) is 3.30. The van der Waals surface area contributed by atoms with Crippen LogP contribution in [0.15, 0.2) is 63.7 Å². The third kappa shape index (κ3) is 4.68. The number of nitrogens with one attached hydrogen (secondary N) is 1. The molecular formula is C20H14BrF2N3O3S2. The number of thiazole rings is 1. The van der Waals surface area contributed by atoms with Crippen LogP contribution in [0.4, 0.5) is 13.8 Å². The summed E-state index contributed by atoms with van der Waals surface area (Å²) in [6.07, 6.45) is 2.63. The lowest BCUT2D eigenvalue weighted by molar-refractivity contribution is -0.113. The van der Waals surface area contributed by atoms with Gasteiger partial charge in [-0.05, 0) is 23.8 Å². The number of hydrogen-bond acceptors (Lipinski definition) is 5. The second kappa shape index (κ2) is 8.48. The molecule has 0 atom stereocenters. The van der Waals surface area contributed by atoms with Crippen molar-refractivity contribution in [3.63, 3.8) is 0 Å². The van der Waals surface area contributed by atoms with Gasteiger partial charge >= 0.3 is 0 Å². The van der Waals surface area contributed by atoms with Crippen LogP contribution in [0.1, 0.15) is 5.56 Å². The molecule has 0 bridgehead atoms. The largest absolute Gasteiger partial charge is 0.342 e. The van der Waals surface area contributed by atoms with E-state index in [2.05, 4.69) is 26.2 Å². The first-order chi connectivity index (χ1) is 14.7. The molecule has 1 amide bonds. The fourth-order valence-electron chi connectivity index (χ4n) is 3.21. The van der Waals surface area contributed by atoms with Gasteiger partial charge in [0.1, 0.15) is 22.4 Å². The number of aromatic nitrogens is 2. The van der Waals surface area contributed by atoms with Crippen molar-refractivity contribution in [3.8, 4) is 0 Å². The summed E-state index contributed by atoms with van der Waals surface area (Å²) in [5.41, 5.74) is 2.37. The highest BCUT2D eigenvalue weighted by atomic mass is 79.9. The molecule has 0 aliphatic heterocycles. The maximum atomic E-state index is 14.7. The van der Waals surface area contributed by atoms with E-state index in [4.69, 9.17) is 0 Å². The Hall–Kier alpha value is -2.63. The van der Waals surface area contributed by atoms with Gasteiger partial charge in [-0.15, -0.1) is 11.3 Å². The van der Waals surface area contributed by atoms with E-state index in [1.165, 1.54) is 22.5 Å². The zero-order chi connectivity index (χ0) is 22.2. The number of sulfone groups is 1. The predicted octanol–water partition coefficient (Wildman–Crippen LogP) is 4.60. The van der Waals surface area contributed by atoms with Gasteiger partial charge in [-0.1, -0.05) is 28.1 Å². The van der Waals surface area contributed by atoms with Crippen LogP contribution in [0, 0.1) is 11.6 Å². The van der Waals surface area contributed by atoms with Crippen LogP contribution in [-0.2, 0) is 21.2 Å². The topological polar surface area (TPSA) is 81.1 Å². The summed E-state index contributed by atoms with van der Waals surface area (Å²) in [5.74, 6) is -3.51. The Bertz CT molecular complexity index is 1390. The molecule has 6 nitrogen and oxygen atoms in total. The van der Waals surface area contributed by atoms with Crippen molar-refractivity contribution in [2.45, 2.75) is 11.4 Å². The van der Waals surface area contributed by atoms with Crippen LogP contribution in [0.3, 0.4) is 0 Å². The number of amides is 1. The summed E-state index contributed by atoms with van der Waals surface area (Å²) < 4.78 is 56.8. The lowest BCUT2D eigenvalue weighted by atomic mass is 10.2. The number of anilines is 1. The number of carbonyl (C=O) groups excluding carboxylic acids is 1. The first-order valence-corrected chi connectivity index (χ1v) is 12.2. The van der Waals surface area contributed by atoms with E-state index in [0.29, 0.717) is 11.1 Å². The minimum atomic E-state index is -4.22. The summed E-state index contributed by atoms with van der Waals surface area (Å²) in [7, 11) is -4.22. The van der Waals surface area contributed by atoms with Crippen LogP contribution in [0.25, 0.3) is 10.9 Å². The van der Waals surface area contributed by atoms with Crippen LogP contribution in [-0.4, -0.2) is 29.6 Å². The Morgan fingerprint density at radius 3 is 2.74 bits per heavy atom. The SMILES string of the molecule is O=C(CS(=O)(=O)c1cn(Cc2cccc(Br)c2)c2cc(F)cc(F)c12)Nc1cncs1. The van der Waals surface area contributed by atoms with Gasteiger partial charge in [-0.3, -0.25) is 9.78 Å². The third-order valence-corrected chi connectivity index (χ3v) is 7.26. The minimum Gasteiger partial charge on any atom is -0.342 e. The summed E-state index contributed by atoms with van der Waals surface area (Å²) in [6, 6.07) is 8.96. The second-order valence-corrected chi connectivity index (χ2v) is 10.5. The Labute approximate surface area is 188 Å². The highest BCUT2D eigenvalue weighted by molar-refractivity contribution is 9.10. The van der Waals surface area contributed by atoms with Gasteiger partial charge in [0.2, 0.25) is 5.91 Å². The highest BCUT2D eigenvalue weighted by Gasteiger charge is 2.27. The molecule has 2 aromatic heterocycles. The molecule has 2 aromatic carbocycles. The van der Waals surface area contributed by atoms with Crippen molar-refractivity contribution in [2.24, 2.45) is 0 Å². The molecule has 0 saturated carbocycles. The normalized spacial score (nSPS) is 11.7. The molecule has 11 heteroatoms. The standard InChI is InChI=1S/C20H14BrF2N3O3S2/c21-13-3-1-2-12(4-13)8-26-9-17(20-15(23)5-14(22)6-16(20)26)31(28,29)10-18(27)25-19-7-24-11-30-19/h1-7,9,11H,8,10H2,(H,25,27). The van der Waals surface area contributed by atoms with Gasteiger partial charge in [-0.25, -0.2) is 17.2 Å². The molecule has 0 aliphatic carbocycles. The fourth-order valence-corrected chi connectivity index (χ4v) is 5.56. The molecule has 4 aromatic rings. The predicted molar refractivity (Wildman–Crippen MR) is 118 cm³/mol. The lowest BCUT2D eigenvalue weighted by Gasteiger charge is -2.06. The van der Waals surface area contributed by atoms with Crippen LogP contribution in [0.5, 0.6) is 0 Å². The summed E-state index contributed by atoms with van der Waals surface area (Å²) in [4.78, 5) is 15.7. The first-order valence-electron chi connectivity index (χ1n) is 8.86. The molecule has 31 heavy (non-hydrogen) atoms. The van der Waals surface area contributed by atoms with Gasteiger partial charge in [0.05, 0.1) is 27.5 Å². The molecule has 4 rings (SSSR count). The van der Waals surface area contributed by atoms with Crippen LogP contribution >= 0.6 is 27.3 Å². The van der Waals surface area contributed by atoms with Gasteiger partial charge in [-0.2, -0.15) is 0 Å². The number of fused-ring (bicyclic) bond motifs is 1. The van der Waals surface area contributed by atoms with Gasteiger partial charge in [0.15, 0.2) is 9.84 Å². The monoisotopic (exact) mass is 525 g/mol. The highest BCUT2D eigenvalue weighted by Crippen LogP contribution is 2.31. The van der Waals surface area contributed by atoms with Crippen molar-refractivity contribution in [1.29, 1.82) is 0 Å². The van der Waals surface area contributed by atoms with Crippen molar-refractivity contribution >= 4 is 58.9 Å². The third-order valence-electron chi connectivity index (χ3n) is 4.46. The van der Waals surface area contributed by atoms with E-state index >= 15 is 0 Å². The minimum absolute atomic E-state index is 0.0823. The maximum absolute atomic E-state index is 14.7. The van der Waals surface area contributed by atoms with Crippen molar-refractivity contribution in [1.82, 2.24) is 9.55 Å². The van der Waals surface area contributed by atoms with Crippen molar-refractivity contribution in [3.05, 3.63) is 76.0 Å². The van der Waals surface area contributed by atoms with Crippen molar-refractivity contribution < 1.29 is 22.0 Å². The van der Waals surface area contributed by atoms with Gasteiger partial charge in [0.25, 0.3) is 0 Å². The Balaban J connectivity index is 1.75. The number of nitrogens with zero attached hydrogens (tertiary/aromatic N) is 2. The maximum Gasteiger partial charge on any atom is 0.240 e. The summed E-state index contributed by atoms with van der Waals surface area (Å²) in [5, 5.41) is 2.59. The lowest BCUT2D eigenvalue weighted by Crippen LogP contribution is -2.22. The molecule has 0 fully saturated rings. The molecule has 0 spiro atoms. The van der Waals surface area contributed by atoms with E-state index in [1.54, 1.807) is 6.07 Å². The molecule has 0 radical (unpaired) electrons. The first kappa shape index (κ1) is 21.6. The van der Waals surface area contributed by atoms with Crippen LogP contribution < -0.4 is 5.32 Å². The molecule has 0 unspecified atom stereocenters. The molecule has 0 aliphatic rings. The molecular weight excluding hydrogens is 512 g/mol. The Morgan fingerprint density at radius 1 is 1.23 bits per heavy atom. The fraction of sp³-hybridized carbons (Fsp3) is 0.100. The smallest absolute Gasteiger partial charge is 0.240 e. The van der Waals surface area contributed by atoms with Gasteiger partial charge in [0, 0.05) is 23.3 Å². The Kier molecular flexibility index (Phi) is 5.91. The van der Waals surface area contributed by atoms with Gasteiger partial charge < -0.3 is 9.88 Å². The number of halogens is 3. The number of hydrogen-bond donors (Lipinski definition) is 1. The van der Waals surface area contributed by atoms with Crippen LogP contribution in [0.2, 0.25) is 0 Å². The zero-order valence-corrected chi connectivity index (χ0v) is 18.9. The molecule has 0 saturated heterocycles. The van der Waals surface area contributed by atoms with E-state index in [-0.39, 0.29) is 22.3 Å². The summed E-state index contributed by atoms with van der Waals surface area (Å²) >= 11 is 4.50. The second-order valence-electron chi connectivity index (χ2n) is 6.71. The van der Waals surface area contributed by atoms with E-state index < -0.39 is 33.1 Å². The van der Waals surface area contributed by atoms with Crippen molar-refractivity contribution in [2.75, 3.05) is 11.1 Å².